The maximum atomic E-state index is 5.49. The van der Waals surface area contributed by atoms with Crippen molar-refractivity contribution in [2.75, 3.05) is 7.11 Å². The lowest BCUT2D eigenvalue weighted by Gasteiger charge is -2.06. The number of nitrogens with zero attached hydrogens (tertiary/aromatic N) is 1. The number of aromatic amines is 3. The molecule has 0 saturated carbocycles. The molecule has 4 aromatic rings. The number of rotatable bonds is 1. The summed E-state index contributed by atoms with van der Waals surface area (Å²) in [5.41, 5.74) is 1.86. The highest BCUT2D eigenvalue weighted by Gasteiger charge is 2.16. The van der Waals surface area contributed by atoms with Gasteiger partial charge in [-0.2, -0.15) is 0 Å². The van der Waals surface area contributed by atoms with Gasteiger partial charge in [0.15, 0.2) is 5.75 Å². The lowest BCUT2D eigenvalue weighted by Crippen LogP contribution is -1.87. The van der Waals surface area contributed by atoms with Crippen LogP contribution in [0.1, 0.15) is 0 Å². The van der Waals surface area contributed by atoms with E-state index in [0.717, 1.165) is 33.1 Å². The minimum absolute atomic E-state index is 0.829. The van der Waals surface area contributed by atoms with Crippen LogP contribution in [-0.4, -0.2) is 27.3 Å². The van der Waals surface area contributed by atoms with Crippen molar-refractivity contribution in [3.05, 3.63) is 24.7 Å². The summed E-state index contributed by atoms with van der Waals surface area (Å²) in [6.45, 7) is 0. The SMILES string of the molecule is COc1c2cnc3[nH]ccc(c4c[nH][nH]c14)c32. The van der Waals surface area contributed by atoms with E-state index in [-0.39, 0.29) is 0 Å². The maximum Gasteiger partial charge on any atom is 0.153 e. The Morgan fingerprint density at radius 3 is 3.06 bits per heavy atom. The number of pyridine rings is 1. The van der Waals surface area contributed by atoms with Crippen molar-refractivity contribution in [3.63, 3.8) is 0 Å². The summed E-state index contributed by atoms with van der Waals surface area (Å²) < 4.78 is 5.49. The van der Waals surface area contributed by atoms with E-state index in [1.165, 1.54) is 5.39 Å². The Bertz CT molecular complexity index is 836. The number of ether oxygens (including phenoxy) is 1. The van der Waals surface area contributed by atoms with Gasteiger partial charge in [-0.15, -0.1) is 0 Å². The van der Waals surface area contributed by atoms with Crippen LogP contribution >= 0.6 is 0 Å². The van der Waals surface area contributed by atoms with Crippen LogP contribution < -0.4 is 4.74 Å². The number of aromatic nitrogens is 4. The minimum atomic E-state index is 0.829. The van der Waals surface area contributed by atoms with Gasteiger partial charge in [0.1, 0.15) is 11.2 Å². The molecule has 0 atom stereocenters. The average Bonchev–Trinajstić information content (AvgIpc) is 2.98. The first-order valence-corrected chi connectivity index (χ1v) is 5.37. The van der Waals surface area contributed by atoms with Crippen LogP contribution in [0.2, 0.25) is 0 Å². The minimum Gasteiger partial charge on any atom is -0.494 e. The van der Waals surface area contributed by atoms with Crippen LogP contribution in [0.25, 0.3) is 32.7 Å². The molecule has 0 unspecified atom stereocenters. The quantitative estimate of drug-likeness (QED) is 0.466. The molecule has 84 valence electrons. The molecule has 0 spiro atoms. The van der Waals surface area contributed by atoms with Crippen LogP contribution in [0.5, 0.6) is 5.75 Å². The molecule has 0 aliphatic rings. The second-order valence-electron chi connectivity index (χ2n) is 4.02. The summed E-state index contributed by atoms with van der Waals surface area (Å²) in [6.07, 6.45) is 5.69. The molecule has 5 nitrogen and oxygen atoms in total. The van der Waals surface area contributed by atoms with E-state index in [2.05, 4.69) is 26.2 Å². The van der Waals surface area contributed by atoms with E-state index in [9.17, 15) is 0 Å². The fourth-order valence-electron chi connectivity index (χ4n) is 2.51. The number of fused-ring (bicyclic) bond motifs is 2. The van der Waals surface area contributed by atoms with Gasteiger partial charge in [-0.05, 0) is 11.5 Å². The molecular formula is C12H10N4O. The Balaban J connectivity index is 2.45. The number of nitrogens with one attached hydrogen (secondary N) is 3. The fourth-order valence-corrected chi connectivity index (χ4v) is 2.51. The summed E-state index contributed by atoms with van der Waals surface area (Å²) in [6, 6.07) is 2.06. The lowest BCUT2D eigenvalue weighted by atomic mass is 10.1. The van der Waals surface area contributed by atoms with Crippen molar-refractivity contribution in [2.24, 2.45) is 0 Å². The summed E-state index contributed by atoms with van der Waals surface area (Å²) in [4.78, 5) is 7.52. The molecular weight excluding hydrogens is 216 g/mol. The summed E-state index contributed by atoms with van der Waals surface area (Å²) in [7, 11) is 1.68. The number of hydrogen-bond donors (Lipinski definition) is 3. The third kappa shape index (κ3) is 0.914. The van der Waals surface area contributed by atoms with Crippen LogP contribution in [0.4, 0.5) is 0 Å². The molecule has 0 bridgehead atoms. The third-order valence-electron chi connectivity index (χ3n) is 3.22. The lowest BCUT2D eigenvalue weighted by molar-refractivity contribution is 0.423. The topological polar surface area (TPSA) is 69.5 Å². The zero-order chi connectivity index (χ0) is 11.4. The first kappa shape index (κ1) is 8.69. The molecule has 0 radical (unpaired) electrons. The summed E-state index contributed by atoms with van der Waals surface area (Å²) in [5, 5.41) is 10.5. The van der Waals surface area contributed by atoms with Gasteiger partial charge in [0.25, 0.3) is 0 Å². The standard InChI is InChI=1S/C12H10N4O/c1-17-11-8-4-14-12-9(8)6(2-3-13-12)7-5-15-16-10(7)11/h2-5,15-16H,1H3,(H,13,14). The predicted octanol–water partition coefficient (Wildman–Crippen LogP) is 2.53. The summed E-state index contributed by atoms with van der Waals surface area (Å²) >= 11 is 0. The molecule has 5 heteroatoms. The Morgan fingerprint density at radius 1 is 1.24 bits per heavy atom. The van der Waals surface area contributed by atoms with E-state index < -0.39 is 0 Å². The molecule has 3 heterocycles. The molecule has 0 aliphatic carbocycles. The molecule has 17 heavy (non-hydrogen) atoms. The van der Waals surface area contributed by atoms with Gasteiger partial charge in [-0.3, -0.25) is 5.10 Å². The number of H-pyrrole nitrogens is 3. The van der Waals surface area contributed by atoms with Gasteiger partial charge >= 0.3 is 0 Å². The zero-order valence-electron chi connectivity index (χ0n) is 9.16. The molecule has 0 aliphatic heterocycles. The van der Waals surface area contributed by atoms with Gasteiger partial charge < -0.3 is 14.8 Å². The van der Waals surface area contributed by atoms with Crippen molar-refractivity contribution in [1.29, 1.82) is 0 Å². The predicted molar refractivity (Wildman–Crippen MR) is 66.4 cm³/mol. The van der Waals surface area contributed by atoms with Crippen LogP contribution in [0.3, 0.4) is 0 Å². The maximum absolute atomic E-state index is 5.49. The Kier molecular flexibility index (Phi) is 1.44. The number of hydrogen-bond acceptors (Lipinski definition) is 2. The van der Waals surface area contributed by atoms with E-state index >= 15 is 0 Å². The molecule has 3 N–H and O–H groups in total. The third-order valence-corrected chi connectivity index (χ3v) is 3.22. The zero-order valence-corrected chi connectivity index (χ0v) is 9.16. The van der Waals surface area contributed by atoms with E-state index in [1.807, 2.05) is 18.6 Å². The molecule has 0 fully saturated rings. The first-order valence-electron chi connectivity index (χ1n) is 5.37. The van der Waals surface area contributed by atoms with Gasteiger partial charge in [0.05, 0.1) is 7.11 Å². The first-order chi connectivity index (χ1) is 8.40. The van der Waals surface area contributed by atoms with E-state index in [0.29, 0.717) is 0 Å². The van der Waals surface area contributed by atoms with E-state index in [1.54, 1.807) is 7.11 Å². The number of benzene rings is 1. The van der Waals surface area contributed by atoms with Crippen molar-refractivity contribution >= 4 is 32.7 Å². The highest BCUT2D eigenvalue weighted by molar-refractivity contribution is 6.22. The molecule has 0 amide bonds. The monoisotopic (exact) mass is 226 g/mol. The van der Waals surface area contributed by atoms with Crippen molar-refractivity contribution in [3.8, 4) is 5.75 Å². The largest absolute Gasteiger partial charge is 0.494 e. The van der Waals surface area contributed by atoms with E-state index in [4.69, 9.17) is 4.74 Å². The molecule has 1 aromatic carbocycles. The normalized spacial score (nSPS) is 11.8. The second-order valence-corrected chi connectivity index (χ2v) is 4.02. The smallest absolute Gasteiger partial charge is 0.153 e. The van der Waals surface area contributed by atoms with Gasteiger partial charge in [-0.1, -0.05) is 0 Å². The average molecular weight is 226 g/mol. The van der Waals surface area contributed by atoms with Crippen LogP contribution in [-0.2, 0) is 0 Å². The summed E-state index contributed by atoms with van der Waals surface area (Å²) in [5.74, 6) is 0.829. The molecule has 0 saturated heterocycles. The molecule has 3 aromatic heterocycles. The Morgan fingerprint density at radius 2 is 2.18 bits per heavy atom. The van der Waals surface area contributed by atoms with Crippen molar-refractivity contribution in [2.45, 2.75) is 0 Å². The van der Waals surface area contributed by atoms with Gasteiger partial charge in [0, 0.05) is 34.7 Å². The number of methoxy groups -OCH3 is 1. The van der Waals surface area contributed by atoms with Gasteiger partial charge in [0.2, 0.25) is 0 Å². The van der Waals surface area contributed by atoms with Gasteiger partial charge in [-0.25, -0.2) is 4.98 Å². The highest BCUT2D eigenvalue weighted by Crippen LogP contribution is 2.39. The fraction of sp³-hybridized carbons (Fsp3) is 0.0833. The van der Waals surface area contributed by atoms with Crippen molar-refractivity contribution in [1.82, 2.24) is 20.2 Å². The van der Waals surface area contributed by atoms with Crippen LogP contribution in [0, 0.1) is 0 Å². The highest BCUT2D eigenvalue weighted by atomic mass is 16.5. The van der Waals surface area contributed by atoms with Crippen molar-refractivity contribution < 1.29 is 4.74 Å². The molecule has 4 rings (SSSR count). The Labute approximate surface area is 95.8 Å². The second kappa shape index (κ2) is 2.82. The van der Waals surface area contributed by atoms with Crippen LogP contribution in [0.15, 0.2) is 24.7 Å². The Hall–Kier alpha value is -2.43.